The van der Waals surface area contributed by atoms with Crippen LogP contribution in [0.4, 0.5) is 10.5 Å². The normalized spacial score (nSPS) is 17.3. The van der Waals surface area contributed by atoms with Crippen LogP contribution in [0.2, 0.25) is 0 Å². The van der Waals surface area contributed by atoms with Gasteiger partial charge in [-0.05, 0) is 81.0 Å². The highest BCUT2D eigenvalue weighted by molar-refractivity contribution is 5.71. The highest BCUT2D eigenvalue weighted by Crippen LogP contribution is 2.41. The molecule has 0 aliphatic carbocycles. The summed E-state index contributed by atoms with van der Waals surface area (Å²) in [5, 5.41) is 0. The van der Waals surface area contributed by atoms with Gasteiger partial charge in [0.1, 0.15) is 31.2 Å². The van der Waals surface area contributed by atoms with Gasteiger partial charge in [0.15, 0.2) is 11.5 Å². The maximum Gasteiger partial charge on any atom is 0.410 e. The second-order valence-corrected chi connectivity index (χ2v) is 10.2. The fourth-order valence-corrected chi connectivity index (χ4v) is 5.02. The van der Waals surface area contributed by atoms with Crippen molar-refractivity contribution in [3.05, 3.63) is 46.5 Å². The summed E-state index contributed by atoms with van der Waals surface area (Å²) < 4.78 is 23.2. The minimum atomic E-state index is -0.493. The smallest absolute Gasteiger partial charge is 0.410 e. The summed E-state index contributed by atoms with van der Waals surface area (Å²) in [6, 6.07) is 8.38. The number of ether oxygens (including phenoxy) is 4. The van der Waals surface area contributed by atoms with Gasteiger partial charge in [-0.1, -0.05) is 6.07 Å². The molecule has 182 valence electrons. The van der Waals surface area contributed by atoms with Crippen molar-refractivity contribution in [3.8, 4) is 17.2 Å². The molecule has 3 heterocycles. The van der Waals surface area contributed by atoms with E-state index >= 15 is 0 Å². The first-order valence-electron chi connectivity index (χ1n) is 12.2. The molecule has 0 fully saturated rings. The van der Waals surface area contributed by atoms with E-state index in [-0.39, 0.29) is 6.09 Å². The van der Waals surface area contributed by atoms with Crippen molar-refractivity contribution in [2.75, 3.05) is 44.4 Å². The predicted octanol–water partition coefficient (Wildman–Crippen LogP) is 4.50. The van der Waals surface area contributed by atoms with Crippen molar-refractivity contribution >= 4 is 11.8 Å². The number of amides is 1. The van der Waals surface area contributed by atoms with Crippen LogP contribution in [0.5, 0.6) is 17.2 Å². The average molecular weight is 467 g/mol. The standard InChI is InChI=1S/C27H34N2O5/c1-18-21-8-10-28(26(30)34-27(2,3)4)9-7-20(21)16-24-25(18)29(11-12-31-24)17-19-5-6-22-23(15-19)33-14-13-32-22/h5-6,15-16H,7-14,17H2,1-4H3. The molecule has 1 amide bonds. The molecule has 0 saturated carbocycles. The van der Waals surface area contributed by atoms with Gasteiger partial charge >= 0.3 is 6.09 Å². The number of carbonyl (C=O) groups excluding carboxylic acids is 1. The second-order valence-electron chi connectivity index (χ2n) is 10.2. The molecule has 3 aliphatic heterocycles. The van der Waals surface area contributed by atoms with Gasteiger partial charge in [0, 0.05) is 19.6 Å². The fraction of sp³-hybridized carbons (Fsp3) is 0.519. The highest BCUT2D eigenvalue weighted by Gasteiger charge is 2.29. The van der Waals surface area contributed by atoms with E-state index in [0.29, 0.717) is 32.9 Å². The molecule has 0 spiro atoms. The summed E-state index contributed by atoms with van der Waals surface area (Å²) in [6.45, 7) is 12.6. The minimum Gasteiger partial charge on any atom is -0.490 e. The molecule has 3 aliphatic rings. The zero-order valence-electron chi connectivity index (χ0n) is 20.6. The van der Waals surface area contributed by atoms with Gasteiger partial charge in [-0.15, -0.1) is 0 Å². The number of fused-ring (bicyclic) bond motifs is 3. The molecule has 2 aromatic carbocycles. The van der Waals surface area contributed by atoms with Gasteiger partial charge in [-0.3, -0.25) is 0 Å². The maximum atomic E-state index is 12.7. The number of nitrogens with zero attached hydrogens (tertiary/aromatic N) is 2. The van der Waals surface area contributed by atoms with Crippen LogP contribution < -0.4 is 19.1 Å². The first kappa shape index (κ1) is 22.7. The minimum absolute atomic E-state index is 0.237. The number of benzene rings is 2. The number of anilines is 1. The lowest BCUT2D eigenvalue weighted by molar-refractivity contribution is 0.0258. The lowest BCUT2D eigenvalue weighted by Crippen LogP contribution is -2.38. The van der Waals surface area contributed by atoms with E-state index in [1.165, 1.54) is 22.3 Å². The van der Waals surface area contributed by atoms with Crippen LogP contribution in [0.1, 0.15) is 43.0 Å². The summed E-state index contributed by atoms with van der Waals surface area (Å²) in [6.07, 6.45) is 1.37. The molecule has 0 saturated heterocycles. The SMILES string of the molecule is Cc1c2c(cc3c1N(Cc1ccc4c(c1)OCCO4)CCO3)CCN(C(=O)OC(C)(C)C)CC2. The number of carbonyl (C=O) groups is 1. The maximum absolute atomic E-state index is 12.7. The first-order valence-corrected chi connectivity index (χ1v) is 12.2. The fourth-order valence-electron chi connectivity index (χ4n) is 5.02. The van der Waals surface area contributed by atoms with Crippen molar-refractivity contribution in [2.24, 2.45) is 0 Å². The molecular weight excluding hydrogens is 432 g/mol. The summed E-state index contributed by atoms with van der Waals surface area (Å²) in [5.74, 6) is 2.57. The van der Waals surface area contributed by atoms with Gasteiger partial charge in [0.2, 0.25) is 0 Å². The van der Waals surface area contributed by atoms with E-state index < -0.39 is 5.60 Å². The van der Waals surface area contributed by atoms with E-state index in [2.05, 4.69) is 30.0 Å². The first-order chi connectivity index (χ1) is 16.3. The highest BCUT2D eigenvalue weighted by atomic mass is 16.6. The van der Waals surface area contributed by atoms with Crippen LogP contribution in [0.15, 0.2) is 24.3 Å². The number of rotatable bonds is 2. The Morgan fingerprint density at radius 3 is 2.47 bits per heavy atom. The third kappa shape index (κ3) is 4.61. The Morgan fingerprint density at radius 2 is 1.68 bits per heavy atom. The van der Waals surface area contributed by atoms with E-state index in [1.807, 2.05) is 31.7 Å². The van der Waals surface area contributed by atoms with Crippen molar-refractivity contribution < 1.29 is 23.7 Å². The molecule has 7 nitrogen and oxygen atoms in total. The topological polar surface area (TPSA) is 60.5 Å². The second kappa shape index (κ2) is 8.93. The lowest BCUT2D eigenvalue weighted by atomic mass is 9.94. The lowest BCUT2D eigenvalue weighted by Gasteiger charge is -2.34. The zero-order chi connectivity index (χ0) is 23.9. The van der Waals surface area contributed by atoms with Crippen LogP contribution in [0, 0.1) is 6.92 Å². The quantitative estimate of drug-likeness (QED) is 0.650. The van der Waals surface area contributed by atoms with Crippen LogP contribution in [0.3, 0.4) is 0 Å². The summed E-state index contributed by atoms with van der Waals surface area (Å²) in [5.41, 5.74) is 5.68. The molecule has 2 aromatic rings. The molecule has 0 aromatic heterocycles. The van der Waals surface area contributed by atoms with E-state index in [9.17, 15) is 4.79 Å². The molecular formula is C27H34N2O5. The van der Waals surface area contributed by atoms with E-state index in [1.54, 1.807) is 0 Å². The van der Waals surface area contributed by atoms with Crippen LogP contribution >= 0.6 is 0 Å². The molecule has 5 rings (SSSR count). The van der Waals surface area contributed by atoms with Crippen molar-refractivity contribution in [1.29, 1.82) is 0 Å². The van der Waals surface area contributed by atoms with E-state index in [4.69, 9.17) is 18.9 Å². The summed E-state index contributed by atoms with van der Waals surface area (Å²) in [7, 11) is 0. The van der Waals surface area contributed by atoms with Gasteiger partial charge in [0.25, 0.3) is 0 Å². The Balaban J connectivity index is 1.38. The Hall–Kier alpha value is -3.09. The van der Waals surface area contributed by atoms with Gasteiger partial charge in [0.05, 0.1) is 12.2 Å². The Bertz CT molecular complexity index is 1090. The molecule has 0 bridgehead atoms. The van der Waals surface area contributed by atoms with Gasteiger partial charge in [-0.25, -0.2) is 4.79 Å². The van der Waals surface area contributed by atoms with Gasteiger partial charge in [-0.2, -0.15) is 0 Å². The Labute approximate surface area is 201 Å². The van der Waals surface area contributed by atoms with Crippen LogP contribution in [0.25, 0.3) is 0 Å². The van der Waals surface area contributed by atoms with Crippen molar-refractivity contribution in [3.63, 3.8) is 0 Å². The van der Waals surface area contributed by atoms with Crippen LogP contribution in [-0.4, -0.2) is 56.0 Å². The van der Waals surface area contributed by atoms with Crippen molar-refractivity contribution in [2.45, 2.75) is 52.7 Å². The average Bonchev–Trinajstić information content (AvgIpc) is 3.01. The summed E-state index contributed by atoms with van der Waals surface area (Å²) >= 11 is 0. The van der Waals surface area contributed by atoms with E-state index in [0.717, 1.165) is 48.9 Å². The van der Waals surface area contributed by atoms with Gasteiger partial charge < -0.3 is 28.7 Å². The summed E-state index contributed by atoms with van der Waals surface area (Å²) in [4.78, 5) is 16.9. The van der Waals surface area contributed by atoms with Crippen LogP contribution in [-0.2, 0) is 24.1 Å². The zero-order valence-corrected chi connectivity index (χ0v) is 20.6. The third-order valence-corrected chi connectivity index (χ3v) is 6.58. The Kier molecular flexibility index (Phi) is 5.96. The number of hydrogen-bond donors (Lipinski definition) is 0. The monoisotopic (exact) mass is 466 g/mol. The third-order valence-electron chi connectivity index (χ3n) is 6.58. The van der Waals surface area contributed by atoms with Crippen molar-refractivity contribution in [1.82, 2.24) is 4.90 Å². The molecule has 0 unspecified atom stereocenters. The number of hydrogen-bond acceptors (Lipinski definition) is 6. The largest absolute Gasteiger partial charge is 0.490 e. The molecule has 0 radical (unpaired) electrons. The Morgan fingerprint density at radius 1 is 0.941 bits per heavy atom. The predicted molar refractivity (Wildman–Crippen MR) is 130 cm³/mol. The molecule has 34 heavy (non-hydrogen) atoms. The molecule has 0 N–H and O–H groups in total. The molecule has 0 atom stereocenters. The molecule has 7 heteroatoms.